The molecule has 0 unspecified atom stereocenters. The molecule has 5 heteroatoms. The van der Waals surface area contributed by atoms with Crippen molar-refractivity contribution >= 4 is 11.8 Å². The zero-order valence-corrected chi connectivity index (χ0v) is 15.4. The molecule has 2 amide bonds. The minimum absolute atomic E-state index is 0.127. The van der Waals surface area contributed by atoms with Gasteiger partial charge in [0.05, 0.1) is 5.41 Å². The van der Waals surface area contributed by atoms with Gasteiger partial charge in [-0.05, 0) is 52.6 Å². The fraction of sp³-hybridized carbons (Fsp3) is 0.895. The molecule has 136 valence electrons. The molecular weight excluding hydrogens is 302 g/mol. The van der Waals surface area contributed by atoms with Gasteiger partial charge in [-0.25, -0.2) is 0 Å². The van der Waals surface area contributed by atoms with E-state index >= 15 is 0 Å². The van der Waals surface area contributed by atoms with E-state index in [4.69, 9.17) is 0 Å². The van der Waals surface area contributed by atoms with E-state index in [1.165, 1.54) is 6.42 Å². The quantitative estimate of drug-likeness (QED) is 0.790. The molecule has 0 aromatic rings. The van der Waals surface area contributed by atoms with Crippen LogP contribution in [-0.2, 0) is 9.59 Å². The maximum absolute atomic E-state index is 13.5. The first-order chi connectivity index (χ1) is 11.5. The number of rotatable bonds is 4. The predicted octanol–water partition coefficient (Wildman–Crippen LogP) is 2.11. The lowest BCUT2D eigenvalue weighted by Gasteiger charge is -2.53. The summed E-state index contributed by atoms with van der Waals surface area (Å²) in [6, 6.07) is 0.127. The first kappa shape index (κ1) is 17.7. The fourth-order valence-electron chi connectivity index (χ4n) is 4.97. The number of fused-ring (bicyclic) bond motifs is 1. The zero-order chi connectivity index (χ0) is 17.2. The van der Waals surface area contributed by atoms with Crippen molar-refractivity contribution < 1.29 is 9.59 Å². The van der Waals surface area contributed by atoms with E-state index in [0.29, 0.717) is 12.3 Å². The average Bonchev–Trinajstić information content (AvgIpc) is 2.61. The number of amides is 2. The van der Waals surface area contributed by atoms with E-state index in [0.717, 1.165) is 71.1 Å². The highest BCUT2D eigenvalue weighted by Crippen LogP contribution is 2.47. The molecule has 0 aromatic carbocycles. The van der Waals surface area contributed by atoms with Crippen LogP contribution in [0, 0.1) is 5.41 Å². The van der Waals surface area contributed by atoms with Gasteiger partial charge >= 0.3 is 0 Å². The number of nitrogens with zero attached hydrogens (tertiary/aromatic N) is 3. The summed E-state index contributed by atoms with van der Waals surface area (Å²) in [6.07, 6.45) is 9.07. The Morgan fingerprint density at radius 1 is 1.12 bits per heavy atom. The van der Waals surface area contributed by atoms with E-state index in [9.17, 15) is 9.59 Å². The highest BCUT2D eigenvalue weighted by Gasteiger charge is 2.54. The van der Waals surface area contributed by atoms with Gasteiger partial charge in [0.1, 0.15) is 0 Å². The SMILES string of the molecule is CN(C)CCN1C(=O)CC[C@]2(C(=O)N3CCCCC3)CCCC[C@@H]12. The molecule has 2 heterocycles. The minimum Gasteiger partial charge on any atom is -0.342 e. The Bertz CT molecular complexity index is 473. The van der Waals surface area contributed by atoms with Crippen molar-refractivity contribution in [3.05, 3.63) is 0 Å². The van der Waals surface area contributed by atoms with Gasteiger partial charge in [-0.1, -0.05) is 12.8 Å². The molecule has 5 nitrogen and oxygen atoms in total. The number of hydrogen-bond donors (Lipinski definition) is 0. The molecule has 3 rings (SSSR count). The van der Waals surface area contributed by atoms with Gasteiger partial charge in [-0.3, -0.25) is 9.59 Å². The first-order valence-corrected chi connectivity index (χ1v) is 9.78. The van der Waals surface area contributed by atoms with Crippen molar-refractivity contribution in [1.29, 1.82) is 0 Å². The molecule has 24 heavy (non-hydrogen) atoms. The summed E-state index contributed by atoms with van der Waals surface area (Å²) < 4.78 is 0. The molecule has 1 aliphatic carbocycles. The van der Waals surface area contributed by atoms with Gasteiger partial charge in [0.15, 0.2) is 0 Å². The predicted molar refractivity (Wildman–Crippen MR) is 94.6 cm³/mol. The highest BCUT2D eigenvalue weighted by molar-refractivity contribution is 5.88. The van der Waals surface area contributed by atoms with Crippen molar-refractivity contribution in [2.24, 2.45) is 5.41 Å². The molecule has 3 fully saturated rings. The normalized spacial score (nSPS) is 31.3. The maximum atomic E-state index is 13.5. The molecule has 0 aromatic heterocycles. The summed E-state index contributed by atoms with van der Waals surface area (Å²) in [5, 5.41) is 0. The molecule has 0 spiro atoms. The summed E-state index contributed by atoms with van der Waals surface area (Å²) in [5.41, 5.74) is -0.296. The van der Waals surface area contributed by atoms with Crippen LogP contribution in [0.1, 0.15) is 57.8 Å². The van der Waals surface area contributed by atoms with Gasteiger partial charge in [0, 0.05) is 38.6 Å². The van der Waals surface area contributed by atoms with E-state index < -0.39 is 0 Å². The topological polar surface area (TPSA) is 43.9 Å². The standard InChI is InChI=1S/C19H33N3O2/c1-20(2)14-15-22-16-8-4-5-10-19(16,11-9-17(22)23)18(24)21-12-6-3-7-13-21/h16H,3-15H2,1-2H3/t16-,19-/m1/s1. The second-order valence-electron chi connectivity index (χ2n) is 8.16. The Balaban J connectivity index is 1.82. The molecule has 0 N–H and O–H groups in total. The van der Waals surface area contributed by atoms with Crippen LogP contribution in [0.2, 0.25) is 0 Å². The lowest BCUT2D eigenvalue weighted by atomic mass is 9.64. The van der Waals surface area contributed by atoms with E-state index in [1.54, 1.807) is 0 Å². The van der Waals surface area contributed by atoms with Crippen LogP contribution in [0.3, 0.4) is 0 Å². The molecular formula is C19H33N3O2. The fourth-order valence-corrected chi connectivity index (χ4v) is 4.97. The third-order valence-electron chi connectivity index (χ3n) is 6.33. The minimum atomic E-state index is -0.296. The summed E-state index contributed by atoms with van der Waals surface area (Å²) in [5.74, 6) is 0.611. The molecule has 0 radical (unpaired) electrons. The molecule has 0 bridgehead atoms. The first-order valence-electron chi connectivity index (χ1n) is 9.78. The Kier molecular flexibility index (Phi) is 5.48. The van der Waals surface area contributed by atoms with Crippen LogP contribution in [0.4, 0.5) is 0 Å². The van der Waals surface area contributed by atoms with Crippen LogP contribution < -0.4 is 0 Å². The van der Waals surface area contributed by atoms with E-state index in [-0.39, 0.29) is 17.4 Å². The van der Waals surface area contributed by atoms with Gasteiger partial charge < -0.3 is 14.7 Å². The monoisotopic (exact) mass is 335 g/mol. The van der Waals surface area contributed by atoms with Gasteiger partial charge in [-0.15, -0.1) is 0 Å². The Morgan fingerprint density at radius 3 is 2.58 bits per heavy atom. The largest absolute Gasteiger partial charge is 0.342 e. The maximum Gasteiger partial charge on any atom is 0.230 e. The van der Waals surface area contributed by atoms with Crippen LogP contribution in [0.5, 0.6) is 0 Å². The number of hydrogen-bond acceptors (Lipinski definition) is 3. The Morgan fingerprint density at radius 2 is 1.88 bits per heavy atom. The van der Waals surface area contributed by atoms with Crippen molar-refractivity contribution in [1.82, 2.24) is 14.7 Å². The lowest BCUT2D eigenvalue weighted by molar-refractivity contribution is -0.162. The van der Waals surface area contributed by atoms with Crippen molar-refractivity contribution in [2.75, 3.05) is 40.3 Å². The average molecular weight is 335 g/mol. The summed E-state index contributed by atoms with van der Waals surface area (Å²) >= 11 is 0. The number of piperidine rings is 2. The third kappa shape index (κ3) is 3.32. The molecule has 2 saturated heterocycles. The molecule has 1 saturated carbocycles. The Hall–Kier alpha value is -1.10. The van der Waals surface area contributed by atoms with Crippen LogP contribution in [-0.4, -0.2) is 72.8 Å². The second kappa shape index (κ2) is 7.42. The number of likely N-dealkylation sites (N-methyl/N-ethyl adjacent to an activating group) is 1. The van der Waals surface area contributed by atoms with E-state index in [1.807, 2.05) is 14.1 Å². The van der Waals surface area contributed by atoms with Crippen molar-refractivity contribution in [2.45, 2.75) is 63.8 Å². The Labute approximate surface area is 146 Å². The van der Waals surface area contributed by atoms with Crippen molar-refractivity contribution in [3.63, 3.8) is 0 Å². The second-order valence-corrected chi connectivity index (χ2v) is 8.16. The summed E-state index contributed by atoms with van der Waals surface area (Å²) in [4.78, 5) is 32.4. The van der Waals surface area contributed by atoms with Crippen LogP contribution in [0.25, 0.3) is 0 Å². The summed E-state index contributed by atoms with van der Waals surface area (Å²) in [6.45, 7) is 3.46. The highest BCUT2D eigenvalue weighted by atomic mass is 16.2. The van der Waals surface area contributed by atoms with E-state index in [2.05, 4.69) is 14.7 Å². The molecule has 2 aliphatic heterocycles. The molecule has 2 atom stereocenters. The number of likely N-dealkylation sites (tertiary alicyclic amines) is 2. The van der Waals surface area contributed by atoms with Crippen LogP contribution in [0.15, 0.2) is 0 Å². The number of carbonyl (C=O) groups excluding carboxylic acids is 2. The van der Waals surface area contributed by atoms with Gasteiger partial charge in [0.25, 0.3) is 0 Å². The van der Waals surface area contributed by atoms with Crippen LogP contribution >= 0.6 is 0 Å². The van der Waals surface area contributed by atoms with Gasteiger partial charge in [0.2, 0.25) is 11.8 Å². The smallest absolute Gasteiger partial charge is 0.230 e. The third-order valence-corrected chi connectivity index (χ3v) is 6.33. The number of carbonyl (C=O) groups is 2. The van der Waals surface area contributed by atoms with Crippen molar-refractivity contribution in [3.8, 4) is 0 Å². The lowest BCUT2D eigenvalue weighted by Crippen LogP contribution is -2.63. The molecule has 3 aliphatic rings. The van der Waals surface area contributed by atoms with Gasteiger partial charge in [-0.2, -0.15) is 0 Å². The zero-order valence-electron chi connectivity index (χ0n) is 15.4. The summed E-state index contributed by atoms with van der Waals surface area (Å²) in [7, 11) is 4.09.